The lowest BCUT2D eigenvalue weighted by Crippen LogP contribution is -2.18. The molecule has 0 bridgehead atoms. The maximum absolute atomic E-state index is 6.05. The zero-order valence-corrected chi connectivity index (χ0v) is 11.2. The number of nitrogen functional groups attached to an aromatic ring is 1. The summed E-state index contributed by atoms with van der Waals surface area (Å²) in [6.45, 7) is 6.80. The third-order valence-electron chi connectivity index (χ3n) is 3.67. The lowest BCUT2D eigenvalue weighted by Gasteiger charge is -2.23. The molecule has 1 aliphatic rings. The van der Waals surface area contributed by atoms with Crippen molar-refractivity contribution >= 4 is 22.2 Å². The van der Waals surface area contributed by atoms with Gasteiger partial charge in [-0.05, 0) is 43.9 Å². The largest absolute Gasteiger partial charge is 0.398 e. The molecule has 0 aliphatic carbocycles. The fraction of sp³-hybridized carbons (Fsp3) is 0.400. The van der Waals surface area contributed by atoms with Crippen LogP contribution in [0.4, 0.5) is 5.69 Å². The normalized spacial score (nSPS) is 19.7. The molecule has 0 saturated carbocycles. The van der Waals surface area contributed by atoms with E-state index in [9.17, 15) is 0 Å². The first kappa shape index (κ1) is 12.2. The number of fused-ring (bicyclic) bond motifs is 1. The third kappa shape index (κ3) is 2.02. The van der Waals surface area contributed by atoms with Gasteiger partial charge in [-0.1, -0.05) is 6.58 Å². The molecule has 2 N–H and O–H groups in total. The van der Waals surface area contributed by atoms with Crippen LogP contribution < -0.4 is 5.73 Å². The Morgan fingerprint density at radius 1 is 1.47 bits per heavy atom. The molecule has 2 aromatic rings. The van der Waals surface area contributed by atoms with Gasteiger partial charge in [0.05, 0.1) is 11.7 Å². The molecule has 2 heterocycles. The Morgan fingerprint density at radius 2 is 2.32 bits per heavy atom. The minimum atomic E-state index is 0.0489. The van der Waals surface area contributed by atoms with Crippen LogP contribution in [-0.2, 0) is 4.74 Å². The Balaban J connectivity index is 2.13. The van der Waals surface area contributed by atoms with Crippen LogP contribution in [0, 0.1) is 0 Å². The van der Waals surface area contributed by atoms with E-state index in [0.29, 0.717) is 0 Å². The van der Waals surface area contributed by atoms with E-state index in [4.69, 9.17) is 10.5 Å². The highest BCUT2D eigenvalue weighted by Gasteiger charge is 2.20. The van der Waals surface area contributed by atoms with E-state index >= 15 is 0 Å². The summed E-state index contributed by atoms with van der Waals surface area (Å²) in [7, 11) is 0. The molecule has 4 heteroatoms. The number of anilines is 1. The minimum absolute atomic E-state index is 0.0489. The smallest absolute Gasteiger partial charge is 0.150 e. The van der Waals surface area contributed by atoms with Crippen molar-refractivity contribution in [3.05, 3.63) is 30.5 Å². The van der Waals surface area contributed by atoms with Gasteiger partial charge in [0.15, 0.2) is 6.23 Å². The lowest BCUT2D eigenvalue weighted by molar-refractivity contribution is -0.0366. The van der Waals surface area contributed by atoms with Crippen molar-refractivity contribution in [2.45, 2.75) is 32.4 Å². The van der Waals surface area contributed by atoms with Crippen LogP contribution in [0.15, 0.2) is 24.9 Å². The van der Waals surface area contributed by atoms with Gasteiger partial charge >= 0.3 is 0 Å². The van der Waals surface area contributed by atoms with E-state index in [0.717, 1.165) is 47.2 Å². The zero-order valence-electron chi connectivity index (χ0n) is 11.2. The minimum Gasteiger partial charge on any atom is -0.398 e. The Bertz CT molecular complexity index is 624. The van der Waals surface area contributed by atoms with Crippen LogP contribution in [0.3, 0.4) is 0 Å². The number of nitrogens with zero attached hydrogens (tertiary/aromatic N) is 2. The molecular weight excluding hydrogens is 238 g/mol. The standard InChI is InChI=1S/C15H19N3O/c1-10(2)15-11-9-17-18(13(11)7-6-12(15)16)14-5-3-4-8-19-14/h6-7,9,14H,1,3-5,8,16H2,2H3. The van der Waals surface area contributed by atoms with Crippen molar-refractivity contribution in [2.75, 3.05) is 12.3 Å². The van der Waals surface area contributed by atoms with Crippen molar-refractivity contribution in [1.82, 2.24) is 9.78 Å². The fourth-order valence-corrected chi connectivity index (χ4v) is 2.76. The lowest BCUT2D eigenvalue weighted by atomic mass is 10.0. The third-order valence-corrected chi connectivity index (χ3v) is 3.67. The molecular formula is C15H19N3O. The molecule has 0 radical (unpaired) electrons. The molecule has 1 saturated heterocycles. The molecule has 19 heavy (non-hydrogen) atoms. The van der Waals surface area contributed by atoms with E-state index in [2.05, 4.69) is 11.7 Å². The van der Waals surface area contributed by atoms with Gasteiger partial charge in [-0.3, -0.25) is 0 Å². The first-order valence-corrected chi connectivity index (χ1v) is 6.71. The molecule has 4 nitrogen and oxygen atoms in total. The number of hydrogen-bond acceptors (Lipinski definition) is 3. The highest BCUT2D eigenvalue weighted by atomic mass is 16.5. The van der Waals surface area contributed by atoms with E-state index in [1.807, 2.05) is 29.9 Å². The number of allylic oxidation sites excluding steroid dienone is 1. The number of rotatable bonds is 2. The van der Waals surface area contributed by atoms with E-state index < -0.39 is 0 Å². The summed E-state index contributed by atoms with van der Waals surface area (Å²) >= 11 is 0. The van der Waals surface area contributed by atoms with Crippen LogP contribution in [-0.4, -0.2) is 16.4 Å². The highest BCUT2D eigenvalue weighted by Crippen LogP contribution is 2.32. The predicted octanol–water partition coefficient (Wildman–Crippen LogP) is 3.35. The average Bonchev–Trinajstić information content (AvgIpc) is 2.82. The quantitative estimate of drug-likeness (QED) is 0.839. The monoisotopic (exact) mass is 257 g/mol. The molecule has 1 atom stereocenters. The average molecular weight is 257 g/mol. The SMILES string of the molecule is C=C(C)c1c(N)ccc2c1cnn2C1CCCCO1. The molecule has 1 aromatic carbocycles. The number of aromatic nitrogens is 2. The van der Waals surface area contributed by atoms with E-state index in [1.54, 1.807) is 0 Å². The Labute approximate surface area is 112 Å². The number of hydrogen-bond donors (Lipinski definition) is 1. The van der Waals surface area contributed by atoms with Crippen molar-refractivity contribution in [3.8, 4) is 0 Å². The van der Waals surface area contributed by atoms with Gasteiger partial charge in [-0.25, -0.2) is 4.68 Å². The van der Waals surface area contributed by atoms with Crippen molar-refractivity contribution in [3.63, 3.8) is 0 Å². The molecule has 1 aromatic heterocycles. The Morgan fingerprint density at radius 3 is 3.00 bits per heavy atom. The van der Waals surface area contributed by atoms with Crippen LogP contribution in [0.5, 0.6) is 0 Å². The second-order valence-electron chi connectivity index (χ2n) is 5.15. The van der Waals surface area contributed by atoms with Gasteiger partial charge in [-0.15, -0.1) is 0 Å². The summed E-state index contributed by atoms with van der Waals surface area (Å²) in [5.41, 5.74) is 9.83. The number of ether oxygens (including phenoxy) is 1. The van der Waals surface area contributed by atoms with Crippen LogP contribution in [0.2, 0.25) is 0 Å². The second kappa shape index (κ2) is 4.70. The van der Waals surface area contributed by atoms with Gasteiger partial charge in [0.25, 0.3) is 0 Å². The van der Waals surface area contributed by atoms with Gasteiger partial charge in [-0.2, -0.15) is 5.10 Å². The van der Waals surface area contributed by atoms with Crippen molar-refractivity contribution < 1.29 is 4.74 Å². The maximum Gasteiger partial charge on any atom is 0.150 e. The molecule has 1 aliphatic heterocycles. The topological polar surface area (TPSA) is 53.1 Å². The maximum atomic E-state index is 6.05. The summed E-state index contributed by atoms with van der Waals surface area (Å²) in [5.74, 6) is 0. The molecule has 0 spiro atoms. The van der Waals surface area contributed by atoms with Gasteiger partial charge < -0.3 is 10.5 Å². The zero-order chi connectivity index (χ0) is 13.4. The second-order valence-corrected chi connectivity index (χ2v) is 5.15. The summed E-state index contributed by atoms with van der Waals surface area (Å²) in [6, 6.07) is 3.94. The Hall–Kier alpha value is -1.81. The highest BCUT2D eigenvalue weighted by molar-refractivity contribution is 5.96. The van der Waals surface area contributed by atoms with E-state index in [-0.39, 0.29) is 6.23 Å². The van der Waals surface area contributed by atoms with Crippen LogP contribution in [0.25, 0.3) is 16.5 Å². The summed E-state index contributed by atoms with van der Waals surface area (Å²) in [6.07, 6.45) is 5.26. The molecule has 0 amide bonds. The molecule has 100 valence electrons. The summed E-state index contributed by atoms with van der Waals surface area (Å²) in [5, 5.41) is 5.56. The first-order valence-electron chi connectivity index (χ1n) is 6.71. The Kier molecular flexibility index (Phi) is 3.03. The number of nitrogens with two attached hydrogens (primary N) is 1. The van der Waals surface area contributed by atoms with Crippen molar-refractivity contribution in [2.24, 2.45) is 0 Å². The molecule has 3 rings (SSSR count). The fourth-order valence-electron chi connectivity index (χ4n) is 2.76. The van der Waals surface area contributed by atoms with Gasteiger partial charge in [0.1, 0.15) is 0 Å². The van der Waals surface area contributed by atoms with Crippen LogP contribution in [0.1, 0.15) is 38.0 Å². The van der Waals surface area contributed by atoms with Crippen molar-refractivity contribution in [1.29, 1.82) is 0 Å². The van der Waals surface area contributed by atoms with Gasteiger partial charge in [0, 0.05) is 23.2 Å². The van der Waals surface area contributed by atoms with Crippen LogP contribution >= 0.6 is 0 Å². The number of benzene rings is 1. The summed E-state index contributed by atoms with van der Waals surface area (Å²) in [4.78, 5) is 0. The summed E-state index contributed by atoms with van der Waals surface area (Å²) < 4.78 is 7.78. The first-order chi connectivity index (χ1) is 9.18. The predicted molar refractivity (Wildman–Crippen MR) is 77.7 cm³/mol. The van der Waals surface area contributed by atoms with E-state index in [1.165, 1.54) is 6.42 Å². The molecule has 1 unspecified atom stereocenters. The molecule has 1 fully saturated rings. The van der Waals surface area contributed by atoms with Gasteiger partial charge in [0.2, 0.25) is 0 Å².